The van der Waals surface area contributed by atoms with Crippen molar-refractivity contribution in [3.8, 4) is 0 Å². The van der Waals surface area contributed by atoms with Gasteiger partial charge in [0.25, 0.3) is 0 Å². The zero-order valence-corrected chi connectivity index (χ0v) is 28.1. The largest absolute Gasteiger partial charge is 0.399 e. The lowest BCUT2D eigenvalue weighted by molar-refractivity contribution is 0.175. The van der Waals surface area contributed by atoms with Gasteiger partial charge in [-0.05, 0) is 49.4 Å². The molecule has 0 saturated heterocycles. The molecule has 0 aromatic heterocycles. The Balaban J connectivity index is -0.000000149. The molecule has 12 nitrogen and oxygen atoms in total. The first-order valence-corrected chi connectivity index (χ1v) is 15.9. The molecule has 0 amide bonds. The van der Waals surface area contributed by atoms with E-state index in [0.29, 0.717) is 19.3 Å². The fourth-order valence-corrected chi connectivity index (χ4v) is 2.32. The molecule has 0 fully saturated rings. The molecule has 0 spiro atoms. The molecule has 0 aliphatic rings. The summed E-state index contributed by atoms with van der Waals surface area (Å²) in [6.45, 7) is 31.9. The molecule has 240 valence electrons. The smallest absolute Gasteiger partial charge is 0.264 e. The van der Waals surface area contributed by atoms with Crippen LogP contribution in [0.1, 0.15) is 95.4 Å². The Bertz CT molecular complexity index is 896. The average Bonchev–Trinajstić information content (AvgIpc) is 2.57. The van der Waals surface area contributed by atoms with Gasteiger partial charge < -0.3 is 0 Å². The van der Waals surface area contributed by atoms with Crippen LogP contribution in [0.2, 0.25) is 0 Å². The zero-order valence-electron chi connectivity index (χ0n) is 25.6. The van der Waals surface area contributed by atoms with Crippen LogP contribution in [0.3, 0.4) is 0 Å². The Morgan fingerprint density at radius 2 is 0.769 bits per heavy atom. The molecule has 0 aliphatic carbocycles. The first-order valence-electron chi connectivity index (χ1n) is 11.8. The lowest BCUT2D eigenvalue weighted by Crippen LogP contribution is -2.18. The summed E-state index contributed by atoms with van der Waals surface area (Å²) in [5.74, 6) is 0. The molecule has 0 atom stereocenters. The third-order valence-corrected chi connectivity index (χ3v) is 4.62. The summed E-state index contributed by atoms with van der Waals surface area (Å²) in [5.41, 5.74) is 1.30. The molecule has 0 saturated carbocycles. The lowest BCUT2D eigenvalue weighted by atomic mass is 9.93. The van der Waals surface area contributed by atoms with Crippen LogP contribution in [-0.2, 0) is 43.7 Å². The lowest BCUT2D eigenvalue weighted by Gasteiger charge is -2.18. The fourth-order valence-electron chi connectivity index (χ4n) is 1.39. The van der Waals surface area contributed by atoms with Gasteiger partial charge in [-0.25, -0.2) is 12.5 Å². The van der Waals surface area contributed by atoms with Gasteiger partial charge in [-0.1, -0.05) is 67.9 Å². The Hall–Kier alpha value is -0.910. The SMILES string of the molecule is C=C.C=C(C)C.CC(C)(C)CCOS(=O)(=O)O.CC(C)(C)CCOS(=O)(=O)OCCC(C)(C)C.O=S(=O)(O)O. The van der Waals surface area contributed by atoms with Crippen LogP contribution in [-0.4, -0.2) is 58.7 Å². The summed E-state index contributed by atoms with van der Waals surface area (Å²) in [5, 5.41) is 0. The molecule has 0 bridgehead atoms. The average molecular weight is 631 g/mol. The van der Waals surface area contributed by atoms with E-state index in [2.05, 4.69) is 23.9 Å². The third kappa shape index (κ3) is 85.7. The summed E-state index contributed by atoms with van der Waals surface area (Å²) in [6, 6.07) is 0. The molecule has 0 rings (SSSR count). The Morgan fingerprint density at radius 1 is 0.590 bits per heavy atom. The van der Waals surface area contributed by atoms with Crippen LogP contribution in [0.4, 0.5) is 0 Å². The monoisotopic (exact) mass is 630 g/mol. The second-order valence-corrected chi connectivity index (χ2v) is 15.2. The molecule has 0 aliphatic heterocycles. The van der Waals surface area contributed by atoms with Crippen LogP contribution in [0.5, 0.6) is 0 Å². The van der Waals surface area contributed by atoms with E-state index >= 15 is 0 Å². The second-order valence-electron chi connectivity index (χ2n) is 11.9. The van der Waals surface area contributed by atoms with Gasteiger partial charge in [0.2, 0.25) is 0 Å². The van der Waals surface area contributed by atoms with Gasteiger partial charge in [-0.3, -0.25) is 13.7 Å². The highest BCUT2D eigenvalue weighted by Crippen LogP contribution is 2.20. The molecule has 0 aromatic rings. The van der Waals surface area contributed by atoms with Crippen molar-refractivity contribution in [1.82, 2.24) is 0 Å². The molecule has 3 N–H and O–H groups in total. The van der Waals surface area contributed by atoms with Crippen molar-refractivity contribution in [2.45, 2.75) is 95.4 Å². The van der Waals surface area contributed by atoms with E-state index in [1.165, 1.54) is 5.57 Å². The Morgan fingerprint density at radius 3 is 0.923 bits per heavy atom. The van der Waals surface area contributed by atoms with E-state index in [0.717, 1.165) is 0 Å². The molecule has 0 unspecified atom stereocenters. The molecule has 15 heteroatoms. The number of rotatable bonds is 9. The van der Waals surface area contributed by atoms with E-state index < -0.39 is 31.2 Å². The molecule has 0 heterocycles. The van der Waals surface area contributed by atoms with Crippen LogP contribution in [0.25, 0.3) is 0 Å². The first-order chi connectivity index (χ1) is 16.9. The number of hydrogen-bond donors (Lipinski definition) is 3. The second kappa shape index (κ2) is 21.8. The zero-order chi connectivity index (χ0) is 32.9. The van der Waals surface area contributed by atoms with Crippen molar-refractivity contribution >= 4 is 31.2 Å². The van der Waals surface area contributed by atoms with Crippen molar-refractivity contribution in [3.05, 3.63) is 25.3 Å². The van der Waals surface area contributed by atoms with Crippen molar-refractivity contribution in [2.24, 2.45) is 16.2 Å². The van der Waals surface area contributed by atoms with Gasteiger partial charge in [-0.15, -0.1) is 19.7 Å². The van der Waals surface area contributed by atoms with Gasteiger partial charge in [0.05, 0.1) is 19.8 Å². The maximum Gasteiger partial charge on any atom is 0.399 e. The topological polar surface area (TPSA) is 191 Å². The highest BCUT2D eigenvalue weighted by molar-refractivity contribution is 7.81. The summed E-state index contributed by atoms with van der Waals surface area (Å²) in [4.78, 5) is 0. The minimum absolute atomic E-state index is 0.0185. The minimum atomic E-state index is -4.67. The predicted octanol–water partition coefficient (Wildman–Crippen LogP) is 6.11. The molecule has 0 radical (unpaired) electrons. The highest BCUT2D eigenvalue weighted by atomic mass is 32.3. The standard InChI is InChI=1S/C12H26O4S.C6H14O4S.C4H8.C2H4.H2O4S/c1-11(2,3)7-9-15-17(13,14)16-10-8-12(4,5)6;1-6(2,3)4-5-10-11(7,8)9;1-4(2)3;1-2;1-5(2,3)4/h7-10H2,1-6H3;4-5H2,1-3H3,(H,7,8,9);1H2,2-3H3;1-2H2;(H2,1,2,3,4). The number of allylic oxidation sites excluding steroid dienone is 1. The Kier molecular flexibility index (Phi) is 26.7. The van der Waals surface area contributed by atoms with Crippen LogP contribution >= 0.6 is 0 Å². The maximum absolute atomic E-state index is 11.4. The third-order valence-electron chi connectivity index (χ3n) is 3.24. The molecular formula is C24H54O12S3. The Labute approximate surface area is 239 Å². The molecule has 39 heavy (non-hydrogen) atoms. The fraction of sp³-hybridized carbons (Fsp3) is 0.833. The van der Waals surface area contributed by atoms with Crippen molar-refractivity contribution in [1.29, 1.82) is 0 Å². The highest BCUT2D eigenvalue weighted by Gasteiger charge is 2.18. The quantitative estimate of drug-likeness (QED) is 0.196. The van der Waals surface area contributed by atoms with Crippen LogP contribution in [0, 0.1) is 16.2 Å². The van der Waals surface area contributed by atoms with Gasteiger partial charge in [0.1, 0.15) is 0 Å². The maximum atomic E-state index is 11.4. The van der Waals surface area contributed by atoms with Crippen molar-refractivity contribution in [3.63, 3.8) is 0 Å². The minimum Gasteiger partial charge on any atom is -0.264 e. The summed E-state index contributed by atoms with van der Waals surface area (Å²) in [6.07, 6.45) is 1.94. The summed E-state index contributed by atoms with van der Waals surface area (Å²) in [7, 11) is -12.7. The van der Waals surface area contributed by atoms with Crippen LogP contribution < -0.4 is 0 Å². The summed E-state index contributed by atoms with van der Waals surface area (Å²) < 4.78 is 96.2. The van der Waals surface area contributed by atoms with E-state index in [1.54, 1.807) is 0 Å². The molecular weight excluding hydrogens is 576 g/mol. The van der Waals surface area contributed by atoms with E-state index in [-0.39, 0.29) is 36.1 Å². The number of hydrogen-bond acceptors (Lipinski definition) is 9. The van der Waals surface area contributed by atoms with Crippen LogP contribution in [0.15, 0.2) is 25.3 Å². The van der Waals surface area contributed by atoms with Gasteiger partial charge in [-0.2, -0.15) is 25.3 Å². The van der Waals surface area contributed by atoms with Gasteiger partial charge in [0, 0.05) is 0 Å². The first kappa shape index (κ1) is 47.9. The van der Waals surface area contributed by atoms with Crippen molar-refractivity contribution < 1.29 is 51.5 Å². The van der Waals surface area contributed by atoms with E-state index in [1.807, 2.05) is 76.2 Å². The van der Waals surface area contributed by atoms with Gasteiger partial charge in [0.15, 0.2) is 0 Å². The van der Waals surface area contributed by atoms with E-state index in [4.69, 9.17) is 30.4 Å². The normalized spacial score (nSPS) is 12.2. The van der Waals surface area contributed by atoms with Crippen molar-refractivity contribution in [2.75, 3.05) is 19.8 Å². The molecule has 0 aromatic carbocycles. The van der Waals surface area contributed by atoms with E-state index in [9.17, 15) is 16.8 Å². The van der Waals surface area contributed by atoms with Gasteiger partial charge >= 0.3 is 31.2 Å². The predicted molar refractivity (Wildman–Crippen MR) is 156 cm³/mol. The summed E-state index contributed by atoms with van der Waals surface area (Å²) >= 11 is 0.